The van der Waals surface area contributed by atoms with Crippen LogP contribution in [0.25, 0.3) is 11.1 Å². The number of carbonyl (C=O) groups excluding carboxylic acids is 8. The molecule has 25 nitrogen and oxygen atoms in total. The minimum absolute atomic E-state index is 0.0175. The molecule has 8 aromatic carbocycles. The van der Waals surface area contributed by atoms with Crippen LogP contribution in [-0.2, 0) is 6.18 Å². The Kier molecular flexibility index (Phi) is 44.1. The molecule has 0 aliphatic carbocycles. The molecule has 9 heterocycles. The lowest BCUT2D eigenvalue weighted by molar-refractivity contribution is -0.137. The van der Waals surface area contributed by atoms with E-state index in [0.29, 0.717) is 129 Å². The molecule has 0 atom stereocenters. The maximum Gasteiger partial charge on any atom is 0.416 e. The van der Waals surface area contributed by atoms with Crippen molar-refractivity contribution in [2.45, 2.75) is 13.1 Å². The first-order valence-electron chi connectivity index (χ1n) is 41.8. The lowest BCUT2D eigenvalue weighted by Gasteiger charge is -2.09. The summed E-state index contributed by atoms with van der Waals surface area (Å²) in [6.07, 6.45) is 10.2. The molecule has 0 saturated carbocycles. The first-order chi connectivity index (χ1) is 70.2. The summed E-state index contributed by atoms with van der Waals surface area (Å²) < 4.78 is 89.0. The number of nitrogens with one attached hydrogen (secondary N) is 8. The molecule has 8 amide bonds. The van der Waals surface area contributed by atoms with Crippen molar-refractivity contribution in [1.82, 2.24) is 44.9 Å². The molecule has 0 bridgehead atoms. The Morgan fingerprint density at radius 3 is 0.837 bits per heavy atom. The summed E-state index contributed by atoms with van der Waals surface area (Å²) in [7, 11) is 0. The first-order valence-corrected chi connectivity index (χ1v) is 46.3. The van der Waals surface area contributed by atoms with Crippen molar-refractivity contribution in [2.24, 2.45) is 0 Å². The maximum atomic E-state index is 13.0. The van der Waals surface area contributed by atoms with E-state index in [9.17, 15) is 69.1 Å². The van der Waals surface area contributed by atoms with E-state index in [2.05, 4.69) is 87.4 Å². The van der Waals surface area contributed by atoms with E-state index in [0.717, 1.165) is 53.2 Å². The third-order valence-electron chi connectivity index (χ3n) is 18.5. The summed E-state index contributed by atoms with van der Waals surface area (Å²) in [5, 5.41) is 25.4. The second-order valence-electron chi connectivity index (χ2n) is 29.2. The van der Waals surface area contributed by atoms with Gasteiger partial charge in [0.1, 0.15) is 36.1 Å². The molecule has 0 saturated heterocycles. The van der Waals surface area contributed by atoms with Crippen LogP contribution in [0.15, 0.2) is 347 Å². The van der Waals surface area contributed by atoms with Crippen molar-refractivity contribution < 1.29 is 69.1 Å². The highest BCUT2D eigenvalue weighted by molar-refractivity contribution is 6.43. The van der Waals surface area contributed by atoms with Crippen LogP contribution in [0.4, 0.5) is 76.2 Å². The Morgan fingerprint density at radius 2 is 0.524 bits per heavy atom. The van der Waals surface area contributed by atoms with Crippen LogP contribution in [0.2, 0.25) is 61.2 Å². The van der Waals surface area contributed by atoms with Crippen LogP contribution in [-0.4, -0.2) is 92.1 Å². The molecule has 44 heteroatoms. The van der Waals surface area contributed by atoms with Gasteiger partial charge in [0.05, 0.1) is 126 Å². The number of alkyl halides is 3. The monoisotopic (exact) mass is 2220 g/mol. The van der Waals surface area contributed by atoms with Gasteiger partial charge in [-0.2, -0.15) is 13.2 Å². The number of hydrogen-bond donors (Lipinski definition) is 8. The molecular weight excluding hydrogens is 2160 g/mol. The third kappa shape index (κ3) is 38.7. The van der Waals surface area contributed by atoms with Crippen LogP contribution < -0.4 is 42.5 Å². The van der Waals surface area contributed by atoms with E-state index in [1.165, 1.54) is 104 Å². The predicted molar refractivity (Wildman–Crippen MR) is 562 cm³/mol. The average molecular weight is 2230 g/mol. The van der Waals surface area contributed by atoms with Gasteiger partial charge in [-0.15, -0.1) is 0 Å². The number of rotatable bonds is 17. The fraction of sp³-hybridized carbons (Fsp3) is 0.0194. The minimum Gasteiger partial charge on any atom is -0.321 e. The van der Waals surface area contributed by atoms with E-state index in [1.807, 2.05) is 49.4 Å². The SMILES string of the molecule is Cc1ccc(NC(=O)c2ccc(F)c(F)c2)cn1.O=C(Nc1ccc(Cl)nc1)c1ccc(-c2ccccc2)cc1.O=C(Nc1ccc(Cl)nc1)c1ccc(Cl)c(Cl)c1.O=C(Nc1ccc(Cl)nc1)c1ccc(Cl)nc1.O=C(Nc1ccc(Cl)nc1)c1ccc(F)c(F)c1.O=C(Nc1ccc(Cl)nc1)c1cccc(C(F)(F)F)c1.O=C(Nc1ccc(Cl)nc1)c1cccc(Cl)c1.O=C(Nc1cccnc1)c1ccc(Cl)c(Cl)c1. The number of aromatic nitrogens is 9. The molecule has 0 aliphatic heterocycles. The second kappa shape index (κ2) is 56.9. The molecule has 17 rings (SSSR count). The van der Waals surface area contributed by atoms with Crippen LogP contribution in [0, 0.1) is 30.2 Å². The molecule has 0 fully saturated rings. The van der Waals surface area contributed by atoms with Crippen molar-refractivity contribution in [3.8, 4) is 11.1 Å². The molecule has 0 spiro atoms. The number of carbonyl (C=O) groups is 8. The van der Waals surface area contributed by atoms with E-state index in [1.54, 1.807) is 164 Å². The molecule has 147 heavy (non-hydrogen) atoms. The number of aryl methyl sites for hydroxylation is 1. The largest absolute Gasteiger partial charge is 0.416 e. The quantitative estimate of drug-likeness (QED) is 0.0310. The second-order valence-corrected chi connectivity index (χ2v) is 34.0. The van der Waals surface area contributed by atoms with Crippen LogP contribution >= 0.6 is 139 Å². The summed E-state index contributed by atoms with van der Waals surface area (Å²) in [5.74, 6) is -7.07. The highest BCUT2D eigenvalue weighted by atomic mass is 35.5. The maximum absolute atomic E-state index is 13.0. The van der Waals surface area contributed by atoms with Crippen molar-refractivity contribution in [1.29, 1.82) is 0 Å². The Morgan fingerprint density at radius 1 is 0.231 bits per heavy atom. The zero-order valence-corrected chi connectivity index (χ0v) is 84.0. The van der Waals surface area contributed by atoms with Gasteiger partial charge >= 0.3 is 6.18 Å². The molecule has 8 N–H and O–H groups in total. The molecule has 0 aliphatic rings. The molecule has 9 aromatic heterocycles. The number of benzene rings is 8. The predicted octanol–water partition coefficient (Wildman–Crippen LogP) is 29.5. The van der Waals surface area contributed by atoms with Gasteiger partial charge in [0.2, 0.25) is 0 Å². The van der Waals surface area contributed by atoms with Crippen LogP contribution in [0.3, 0.4) is 0 Å². The fourth-order valence-corrected chi connectivity index (χ4v) is 12.8. The van der Waals surface area contributed by atoms with Crippen LogP contribution in [0.5, 0.6) is 0 Å². The molecule has 746 valence electrons. The lowest BCUT2D eigenvalue weighted by Crippen LogP contribution is -2.14. The lowest BCUT2D eigenvalue weighted by atomic mass is 10.0. The fourth-order valence-electron chi connectivity index (χ4n) is 11.3. The highest BCUT2D eigenvalue weighted by Gasteiger charge is 2.31. The van der Waals surface area contributed by atoms with E-state index < -0.39 is 52.7 Å². The number of nitrogens with zero attached hydrogens (tertiary/aromatic N) is 9. The van der Waals surface area contributed by atoms with Gasteiger partial charge in [-0.25, -0.2) is 52.4 Å². The van der Waals surface area contributed by atoms with Gasteiger partial charge in [0, 0.05) is 62.1 Å². The van der Waals surface area contributed by atoms with Gasteiger partial charge in [-0.3, -0.25) is 48.3 Å². The standard InChI is InChI=1S/C18H13ClN2O.C13H8ClF3N2O.C13H10F2N2O.C12H7Cl3N2O.2C12H8Cl2N2O.C12H7ClF2N2O.C11H7Cl2N3O/c19-17-11-10-16(12-20-17)21-18(22)15-8-6-14(7-9-15)13-4-2-1-3-5-13;14-11-5-4-10(7-18-11)19-12(20)8-2-1-3-9(6-8)13(15,16)17;1-8-2-4-10(7-16-8)17-13(18)9-3-5-11(14)12(15)6-9;13-9-3-1-7(5-10(9)14)12(18)17-8-2-4-11(15)16-6-8;13-10-4-3-8(6-11(10)14)12(17)16-9-2-1-5-15-7-9;13-9-3-1-2-8(6-9)12(17)16-10-4-5-11(14)15-7-10;13-11-4-2-8(6-16-11)17-12(18)7-1-3-9(14)10(15)5-7;12-9-3-1-7(5-14-9)11(17)16-8-2-4-10(13)15-6-8/h1-12H,(H,21,22);1-7H,(H,19,20);2-7H,1H3,(H,17,18);1-6H,(H,17,18);2*1-7H,(H,16,17);1-6H,(H,17,18);1-6H,(H,16,17). The highest BCUT2D eigenvalue weighted by Crippen LogP contribution is 2.32. The van der Waals surface area contributed by atoms with Crippen molar-refractivity contribution >= 4 is 232 Å². The number of amides is 8. The van der Waals surface area contributed by atoms with Crippen molar-refractivity contribution in [3.63, 3.8) is 0 Å². The van der Waals surface area contributed by atoms with Gasteiger partial charge in [-0.1, -0.05) is 194 Å². The molecule has 0 radical (unpaired) electrons. The number of halogens is 19. The summed E-state index contributed by atoms with van der Waals surface area (Å²) in [4.78, 5) is 130. The summed E-state index contributed by atoms with van der Waals surface area (Å²) in [6, 6.07) is 72.9. The Bertz CT molecular complexity index is 7140. The minimum atomic E-state index is -4.49. The molecular formula is C103H68Cl12F7N17O8. The van der Waals surface area contributed by atoms with Gasteiger partial charge in [-0.05, 0) is 249 Å². The van der Waals surface area contributed by atoms with E-state index in [-0.39, 0.29) is 51.4 Å². The molecule has 17 aromatic rings. The normalized spacial score (nSPS) is 10.3. The van der Waals surface area contributed by atoms with Gasteiger partial charge < -0.3 is 42.5 Å². The van der Waals surface area contributed by atoms with Crippen molar-refractivity contribution in [3.05, 3.63) is 487 Å². The summed E-state index contributed by atoms with van der Waals surface area (Å²) >= 11 is 68.5. The van der Waals surface area contributed by atoms with Gasteiger partial charge in [0.15, 0.2) is 23.3 Å². The zero-order chi connectivity index (χ0) is 106. The smallest absolute Gasteiger partial charge is 0.321 e. The molecule has 0 unspecified atom stereocenters. The Hall–Kier alpha value is -15.1. The number of hydrogen-bond acceptors (Lipinski definition) is 17. The Labute approximate surface area is 893 Å². The average Bonchev–Trinajstić information content (AvgIpc) is 0.850. The topological polar surface area (TPSA) is 349 Å². The number of pyridine rings is 9. The van der Waals surface area contributed by atoms with E-state index in [4.69, 9.17) is 139 Å². The Balaban J connectivity index is 0.000000172. The van der Waals surface area contributed by atoms with E-state index >= 15 is 0 Å². The number of anilines is 8. The van der Waals surface area contributed by atoms with Crippen LogP contribution in [0.1, 0.15) is 94.1 Å². The third-order valence-corrected chi connectivity index (χ3v) is 21.8. The van der Waals surface area contributed by atoms with Crippen molar-refractivity contribution in [2.75, 3.05) is 42.5 Å². The summed E-state index contributed by atoms with van der Waals surface area (Å²) in [5.41, 5.74) is 8.68. The van der Waals surface area contributed by atoms with Gasteiger partial charge in [0.25, 0.3) is 47.3 Å². The first kappa shape index (κ1) is 114. The zero-order valence-electron chi connectivity index (χ0n) is 74.9. The summed E-state index contributed by atoms with van der Waals surface area (Å²) in [6.45, 7) is 1.82.